The SMILES string of the molecule is O=C(NN=Cc1ccccc1OCc1ccc(Cl)cc1)C(O)(c1ccccc1)c1ccccc1. The van der Waals surface area contributed by atoms with E-state index in [1.54, 1.807) is 48.5 Å². The van der Waals surface area contributed by atoms with Crippen LogP contribution in [-0.4, -0.2) is 17.2 Å². The number of amides is 1. The molecule has 0 bridgehead atoms. The molecule has 0 aromatic heterocycles. The zero-order valence-electron chi connectivity index (χ0n) is 18.3. The predicted octanol–water partition coefficient (Wildman–Crippen LogP) is 5.31. The molecule has 0 heterocycles. The number of benzene rings is 4. The quantitative estimate of drug-likeness (QED) is 0.271. The zero-order valence-corrected chi connectivity index (χ0v) is 19.0. The van der Waals surface area contributed by atoms with Gasteiger partial charge in [-0.05, 0) is 41.0 Å². The first kappa shape index (κ1) is 23.2. The molecule has 170 valence electrons. The summed E-state index contributed by atoms with van der Waals surface area (Å²) in [6.45, 7) is 0.357. The molecular formula is C28H23ClN2O3. The van der Waals surface area contributed by atoms with E-state index in [4.69, 9.17) is 16.3 Å². The highest BCUT2D eigenvalue weighted by molar-refractivity contribution is 6.30. The fraction of sp³-hybridized carbons (Fsp3) is 0.0714. The van der Waals surface area contributed by atoms with Crippen LogP contribution in [0.25, 0.3) is 0 Å². The monoisotopic (exact) mass is 470 g/mol. The second-order valence-corrected chi connectivity index (χ2v) is 8.03. The number of para-hydroxylation sites is 1. The van der Waals surface area contributed by atoms with Crippen molar-refractivity contribution in [2.75, 3.05) is 0 Å². The van der Waals surface area contributed by atoms with Crippen LogP contribution in [0.2, 0.25) is 5.02 Å². The first-order valence-electron chi connectivity index (χ1n) is 10.7. The summed E-state index contributed by atoms with van der Waals surface area (Å²) >= 11 is 5.94. The van der Waals surface area contributed by atoms with Crippen LogP contribution in [0, 0.1) is 0 Å². The van der Waals surface area contributed by atoms with Crippen LogP contribution in [-0.2, 0) is 17.0 Å². The van der Waals surface area contributed by atoms with Crippen LogP contribution in [0.1, 0.15) is 22.3 Å². The Morgan fingerprint density at radius 3 is 2.03 bits per heavy atom. The van der Waals surface area contributed by atoms with Crippen LogP contribution in [0.4, 0.5) is 0 Å². The minimum absolute atomic E-state index is 0.357. The van der Waals surface area contributed by atoms with Crippen molar-refractivity contribution in [2.24, 2.45) is 5.10 Å². The maximum Gasteiger partial charge on any atom is 0.281 e. The summed E-state index contributed by atoms with van der Waals surface area (Å²) in [5, 5.41) is 16.3. The molecule has 0 aliphatic heterocycles. The van der Waals surface area contributed by atoms with E-state index in [0.29, 0.717) is 34.1 Å². The minimum atomic E-state index is -1.90. The third kappa shape index (κ3) is 5.34. The Bertz CT molecular complexity index is 1220. The largest absolute Gasteiger partial charge is 0.488 e. The van der Waals surface area contributed by atoms with Gasteiger partial charge in [-0.3, -0.25) is 4.79 Å². The number of hydrogen-bond donors (Lipinski definition) is 2. The van der Waals surface area contributed by atoms with Crippen molar-refractivity contribution in [1.29, 1.82) is 0 Å². The minimum Gasteiger partial charge on any atom is -0.488 e. The molecule has 0 saturated heterocycles. The average molecular weight is 471 g/mol. The Morgan fingerprint density at radius 2 is 1.41 bits per heavy atom. The van der Waals surface area contributed by atoms with Gasteiger partial charge in [0.1, 0.15) is 12.4 Å². The maximum absolute atomic E-state index is 13.2. The van der Waals surface area contributed by atoms with E-state index < -0.39 is 11.5 Å². The van der Waals surface area contributed by atoms with Crippen molar-refractivity contribution >= 4 is 23.7 Å². The highest BCUT2D eigenvalue weighted by Gasteiger charge is 2.39. The number of rotatable bonds is 8. The van der Waals surface area contributed by atoms with Gasteiger partial charge in [-0.25, -0.2) is 5.43 Å². The molecule has 0 aliphatic rings. The summed E-state index contributed by atoms with van der Waals surface area (Å²) in [6, 6.07) is 32.3. The van der Waals surface area contributed by atoms with Crippen molar-refractivity contribution in [3.8, 4) is 5.75 Å². The molecule has 0 aliphatic carbocycles. The Kier molecular flexibility index (Phi) is 7.38. The predicted molar refractivity (Wildman–Crippen MR) is 134 cm³/mol. The van der Waals surface area contributed by atoms with Gasteiger partial charge in [0, 0.05) is 10.6 Å². The number of nitrogens with zero attached hydrogens (tertiary/aromatic N) is 1. The molecule has 34 heavy (non-hydrogen) atoms. The number of ether oxygens (including phenoxy) is 1. The van der Waals surface area contributed by atoms with E-state index in [1.165, 1.54) is 6.21 Å². The van der Waals surface area contributed by atoms with E-state index in [1.807, 2.05) is 60.7 Å². The standard InChI is InChI=1S/C28H23ClN2O3/c29-25-17-15-21(16-18-25)20-34-26-14-8-7-9-22(26)19-30-31-27(32)28(33,23-10-3-1-4-11-23)24-12-5-2-6-13-24/h1-19,33H,20H2,(H,31,32). The Morgan fingerprint density at radius 1 is 0.853 bits per heavy atom. The summed E-state index contributed by atoms with van der Waals surface area (Å²) < 4.78 is 5.93. The van der Waals surface area contributed by atoms with Gasteiger partial charge < -0.3 is 9.84 Å². The molecule has 4 rings (SSSR count). The fourth-order valence-corrected chi connectivity index (χ4v) is 3.62. The molecule has 4 aromatic rings. The number of carbonyl (C=O) groups excluding carboxylic acids is 1. The van der Waals surface area contributed by atoms with Crippen molar-refractivity contribution < 1.29 is 14.6 Å². The van der Waals surface area contributed by atoms with Crippen molar-refractivity contribution in [1.82, 2.24) is 5.43 Å². The molecular weight excluding hydrogens is 448 g/mol. The first-order valence-corrected chi connectivity index (χ1v) is 11.1. The average Bonchev–Trinajstić information content (AvgIpc) is 2.89. The molecule has 6 heteroatoms. The van der Waals surface area contributed by atoms with Gasteiger partial charge in [0.25, 0.3) is 5.91 Å². The lowest BCUT2D eigenvalue weighted by atomic mass is 9.85. The lowest BCUT2D eigenvalue weighted by molar-refractivity contribution is -0.136. The third-order valence-electron chi connectivity index (χ3n) is 5.31. The van der Waals surface area contributed by atoms with E-state index in [-0.39, 0.29) is 0 Å². The van der Waals surface area contributed by atoms with E-state index in [9.17, 15) is 9.90 Å². The highest BCUT2D eigenvalue weighted by Crippen LogP contribution is 2.30. The Hall–Kier alpha value is -3.93. The number of hydrazone groups is 1. The number of hydrogen-bond acceptors (Lipinski definition) is 4. The van der Waals surface area contributed by atoms with Crippen LogP contribution in [0.3, 0.4) is 0 Å². The second kappa shape index (κ2) is 10.8. The van der Waals surface area contributed by atoms with E-state index in [0.717, 1.165) is 5.56 Å². The number of carbonyl (C=O) groups is 1. The molecule has 0 atom stereocenters. The maximum atomic E-state index is 13.2. The smallest absolute Gasteiger partial charge is 0.281 e. The summed E-state index contributed by atoms with van der Waals surface area (Å²) in [5.41, 5.74) is 3.13. The van der Waals surface area contributed by atoms with Gasteiger partial charge in [0.2, 0.25) is 0 Å². The molecule has 0 fully saturated rings. The molecule has 0 unspecified atom stereocenters. The Balaban J connectivity index is 1.51. The molecule has 0 saturated carbocycles. The topological polar surface area (TPSA) is 70.9 Å². The number of nitrogens with one attached hydrogen (secondary N) is 1. The molecule has 2 N–H and O–H groups in total. The summed E-state index contributed by atoms with van der Waals surface area (Å²) in [7, 11) is 0. The van der Waals surface area contributed by atoms with Gasteiger partial charge >= 0.3 is 0 Å². The molecule has 0 radical (unpaired) electrons. The van der Waals surface area contributed by atoms with E-state index in [2.05, 4.69) is 10.5 Å². The van der Waals surface area contributed by atoms with Gasteiger partial charge in [0.15, 0.2) is 5.60 Å². The molecule has 4 aromatic carbocycles. The van der Waals surface area contributed by atoms with Crippen LogP contribution in [0.5, 0.6) is 5.75 Å². The summed E-state index contributed by atoms with van der Waals surface area (Å²) in [6.07, 6.45) is 1.49. The normalized spacial score (nSPS) is 11.4. The van der Waals surface area contributed by atoms with Gasteiger partial charge in [-0.15, -0.1) is 0 Å². The van der Waals surface area contributed by atoms with Gasteiger partial charge in [0.05, 0.1) is 6.21 Å². The summed E-state index contributed by atoms with van der Waals surface area (Å²) in [5.74, 6) is -0.0578. The van der Waals surface area contributed by atoms with Crippen molar-refractivity contribution in [3.63, 3.8) is 0 Å². The van der Waals surface area contributed by atoms with Crippen molar-refractivity contribution in [2.45, 2.75) is 12.2 Å². The van der Waals surface area contributed by atoms with Gasteiger partial charge in [-0.1, -0.05) is 96.5 Å². The first-order chi connectivity index (χ1) is 16.6. The molecule has 1 amide bonds. The molecule has 5 nitrogen and oxygen atoms in total. The lowest BCUT2D eigenvalue weighted by Gasteiger charge is -2.27. The fourth-order valence-electron chi connectivity index (χ4n) is 3.49. The van der Waals surface area contributed by atoms with E-state index >= 15 is 0 Å². The van der Waals surface area contributed by atoms with Crippen LogP contribution < -0.4 is 10.2 Å². The molecule has 0 spiro atoms. The number of aliphatic hydroxyl groups is 1. The van der Waals surface area contributed by atoms with Gasteiger partial charge in [-0.2, -0.15) is 5.10 Å². The number of halogens is 1. The summed E-state index contributed by atoms with van der Waals surface area (Å²) in [4.78, 5) is 13.2. The second-order valence-electron chi connectivity index (χ2n) is 7.59. The highest BCUT2D eigenvalue weighted by atomic mass is 35.5. The van der Waals surface area contributed by atoms with Crippen LogP contribution in [0.15, 0.2) is 114 Å². The van der Waals surface area contributed by atoms with Crippen LogP contribution >= 0.6 is 11.6 Å². The third-order valence-corrected chi connectivity index (χ3v) is 5.56. The lowest BCUT2D eigenvalue weighted by Crippen LogP contribution is -2.43. The van der Waals surface area contributed by atoms with Crippen molar-refractivity contribution in [3.05, 3.63) is 136 Å². The zero-order chi connectivity index (χ0) is 23.8. The Labute approximate surface area is 203 Å².